The number of hydrogen-bond acceptors (Lipinski definition) is 3. The summed E-state index contributed by atoms with van der Waals surface area (Å²) in [4.78, 5) is 14.0. The lowest BCUT2D eigenvalue weighted by atomic mass is 10.1. The Morgan fingerprint density at radius 2 is 1.41 bits per heavy atom. The van der Waals surface area contributed by atoms with Crippen LogP contribution >= 0.6 is 0 Å². The maximum atomic E-state index is 12.4. The van der Waals surface area contributed by atoms with Crippen LogP contribution in [0.4, 0.5) is 0 Å². The highest BCUT2D eigenvalue weighted by molar-refractivity contribution is 5.75. The lowest BCUT2D eigenvalue weighted by Crippen LogP contribution is -2.41. The fourth-order valence-electron chi connectivity index (χ4n) is 3.31. The van der Waals surface area contributed by atoms with Crippen molar-refractivity contribution < 1.29 is 9.44 Å². The fraction of sp³-hybridized carbons (Fsp3) is 0.955. The zero-order valence-electron chi connectivity index (χ0n) is 18.7. The standard InChI is InChI=1S/C22H47N3O2/c1-5-6-7-8-9-10-11-12-13-17-22(26)23-18-16-21-25(4,27)20-15-14-19-24(2)3/h5-21H2,1-4H3,(H,23,26). The first kappa shape index (κ1) is 26.4. The number of amides is 1. The minimum Gasteiger partial charge on any atom is -0.633 e. The average Bonchev–Trinajstić information content (AvgIpc) is 2.61. The van der Waals surface area contributed by atoms with E-state index in [1.54, 1.807) is 7.05 Å². The van der Waals surface area contributed by atoms with E-state index in [0.29, 0.717) is 26.1 Å². The molecule has 0 fully saturated rings. The van der Waals surface area contributed by atoms with Gasteiger partial charge in [0.25, 0.3) is 0 Å². The monoisotopic (exact) mass is 385 g/mol. The third kappa shape index (κ3) is 19.9. The summed E-state index contributed by atoms with van der Waals surface area (Å²) in [6.45, 7) is 5.16. The predicted molar refractivity (Wildman–Crippen MR) is 117 cm³/mol. The average molecular weight is 386 g/mol. The number of hydroxylamine groups is 3. The molecule has 1 unspecified atom stereocenters. The largest absolute Gasteiger partial charge is 0.633 e. The van der Waals surface area contributed by atoms with Crippen molar-refractivity contribution in [3.8, 4) is 0 Å². The lowest BCUT2D eigenvalue weighted by molar-refractivity contribution is -0.861. The molecule has 1 amide bonds. The Kier molecular flexibility index (Phi) is 17.0. The summed E-state index contributed by atoms with van der Waals surface area (Å²) in [6.07, 6.45) is 14.9. The molecule has 0 saturated carbocycles. The van der Waals surface area contributed by atoms with Crippen molar-refractivity contribution in [2.24, 2.45) is 0 Å². The lowest BCUT2D eigenvalue weighted by Gasteiger charge is -2.39. The Hall–Kier alpha value is -0.650. The molecule has 0 aliphatic heterocycles. The van der Waals surface area contributed by atoms with Crippen LogP contribution in [0.25, 0.3) is 0 Å². The SMILES string of the molecule is CCCCCCCCCCCC(=O)NCCC[N+](C)([O-])CCCCN(C)C. The van der Waals surface area contributed by atoms with Gasteiger partial charge in [0.1, 0.15) is 0 Å². The Labute approximate surface area is 169 Å². The molecule has 1 atom stereocenters. The Bertz CT molecular complexity index is 346. The van der Waals surface area contributed by atoms with Crippen LogP contribution in [0.2, 0.25) is 0 Å². The molecule has 0 radical (unpaired) electrons. The van der Waals surface area contributed by atoms with Crippen molar-refractivity contribution in [1.29, 1.82) is 0 Å². The second-order valence-electron chi connectivity index (χ2n) is 8.54. The topological polar surface area (TPSA) is 55.4 Å². The van der Waals surface area contributed by atoms with Crippen LogP contribution < -0.4 is 5.32 Å². The maximum Gasteiger partial charge on any atom is 0.219 e. The van der Waals surface area contributed by atoms with Gasteiger partial charge in [-0.25, -0.2) is 0 Å². The van der Waals surface area contributed by atoms with Crippen molar-refractivity contribution in [3.05, 3.63) is 5.21 Å². The number of carbonyl (C=O) groups excluding carboxylic acids is 1. The molecule has 0 spiro atoms. The Morgan fingerprint density at radius 1 is 0.852 bits per heavy atom. The van der Waals surface area contributed by atoms with E-state index >= 15 is 0 Å². The number of nitrogens with one attached hydrogen (secondary N) is 1. The Balaban J connectivity index is 3.46. The van der Waals surface area contributed by atoms with Crippen LogP contribution in [-0.2, 0) is 4.79 Å². The first-order valence-corrected chi connectivity index (χ1v) is 11.3. The highest BCUT2D eigenvalue weighted by Crippen LogP contribution is 2.10. The molecule has 1 N–H and O–H groups in total. The second kappa shape index (κ2) is 17.4. The molecule has 27 heavy (non-hydrogen) atoms. The Morgan fingerprint density at radius 3 is 2.00 bits per heavy atom. The van der Waals surface area contributed by atoms with Gasteiger partial charge in [-0.2, -0.15) is 0 Å². The van der Waals surface area contributed by atoms with Crippen molar-refractivity contribution >= 4 is 5.91 Å². The molecular formula is C22H47N3O2. The fourth-order valence-corrected chi connectivity index (χ4v) is 3.31. The molecule has 0 saturated heterocycles. The predicted octanol–water partition coefficient (Wildman–Crippen LogP) is 4.70. The van der Waals surface area contributed by atoms with Crippen LogP contribution in [0.3, 0.4) is 0 Å². The normalized spacial score (nSPS) is 13.7. The van der Waals surface area contributed by atoms with Crippen molar-refractivity contribution in [2.45, 2.75) is 90.4 Å². The molecule has 0 aromatic heterocycles. The summed E-state index contributed by atoms with van der Waals surface area (Å²) < 4.78 is -0.193. The molecule has 5 heteroatoms. The number of carbonyl (C=O) groups is 1. The number of nitrogens with zero attached hydrogens (tertiary/aromatic N) is 2. The minimum absolute atomic E-state index is 0.143. The van der Waals surface area contributed by atoms with Crippen molar-refractivity contribution in [2.75, 3.05) is 47.3 Å². The molecule has 5 nitrogen and oxygen atoms in total. The number of quaternary nitrogens is 1. The molecular weight excluding hydrogens is 338 g/mol. The quantitative estimate of drug-likeness (QED) is 0.199. The van der Waals surface area contributed by atoms with E-state index in [9.17, 15) is 10.0 Å². The highest BCUT2D eigenvalue weighted by atomic mass is 16.5. The summed E-state index contributed by atoms with van der Waals surface area (Å²) >= 11 is 0. The van der Waals surface area contributed by atoms with Gasteiger partial charge in [-0.15, -0.1) is 0 Å². The summed E-state index contributed by atoms with van der Waals surface area (Å²) in [7, 11) is 5.87. The molecule has 162 valence electrons. The smallest absolute Gasteiger partial charge is 0.219 e. The minimum atomic E-state index is -0.193. The second-order valence-corrected chi connectivity index (χ2v) is 8.54. The van der Waals surface area contributed by atoms with Gasteiger partial charge in [-0.1, -0.05) is 58.3 Å². The molecule has 0 aromatic carbocycles. The van der Waals surface area contributed by atoms with E-state index in [4.69, 9.17) is 0 Å². The van der Waals surface area contributed by atoms with E-state index in [2.05, 4.69) is 31.2 Å². The summed E-state index contributed by atoms with van der Waals surface area (Å²) in [6, 6.07) is 0. The van der Waals surface area contributed by atoms with Gasteiger partial charge >= 0.3 is 0 Å². The molecule has 0 heterocycles. The van der Waals surface area contributed by atoms with Gasteiger partial charge < -0.3 is 20.1 Å². The van der Waals surface area contributed by atoms with Gasteiger partial charge in [-0.05, 0) is 39.9 Å². The van der Waals surface area contributed by atoms with Crippen molar-refractivity contribution in [3.63, 3.8) is 0 Å². The summed E-state index contributed by atoms with van der Waals surface area (Å²) in [5, 5.41) is 15.3. The van der Waals surface area contributed by atoms with E-state index in [0.717, 1.165) is 38.6 Å². The van der Waals surface area contributed by atoms with Crippen molar-refractivity contribution in [1.82, 2.24) is 10.2 Å². The number of unbranched alkanes of at least 4 members (excludes halogenated alkanes) is 9. The zero-order valence-corrected chi connectivity index (χ0v) is 18.7. The summed E-state index contributed by atoms with van der Waals surface area (Å²) in [5.74, 6) is 0.143. The van der Waals surface area contributed by atoms with Gasteiger partial charge in [0.15, 0.2) is 0 Å². The van der Waals surface area contributed by atoms with E-state index < -0.39 is 0 Å². The third-order valence-corrected chi connectivity index (χ3v) is 5.12. The van der Waals surface area contributed by atoms with Gasteiger partial charge in [0.2, 0.25) is 5.91 Å². The van der Waals surface area contributed by atoms with E-state index in [1.807, 2.05) is 0 Å². The van der Waals surface area contributed by atoms with Gasteiger partial charge in [0, 0.05) is 19.4 Å². The van der Waals surface area contributed by atoms with Gasteiger partial charge in [-0.3, -0.25) is 4.79 Å². The first-order valence-electron chi connectivity index (χ1n) is 11.3. The molecule has 0 bridgehead atoms. The van der Waals surface area contributed by atoms with Gasteiger partial charge in [0.05, 0.1) is 20.1 Å². The van der Waals surface area contributed by atoms with Crippen LogP contribution in [0.5, 0.6) is 0 Å². The van der Waals surface area contributed by atoms with Crippen LogP contribution in [0.15, 0.2) is 0 Å². The number of rotatable bonds is 19. The molecule has 0 rings (SSSR count). The van der Waals surface area contributed by atoms with E-state index in [-0.39, 0.29) is 10.6 Å². The molecule has 0 aliphatic rings. The third-order valence-electron chi connectivity index (χ3n) is 5.12. The first-order chi connectivity index (χ1) is 12.9. The zero-order chi connectivity index (χ0) is 20.4. The van der Waals surface area contributed by atoms with Crippen LogP contribution in [-0.4, -0.2) is 62.8 Å². The molecule has 0 aromatic rings. The number of hydrogen-bond donors (Lipinski definition) is 1. The van der Waals surface area contributed by atoms with E-state index in [1.165, 1.54) is 44.9 Å². The summed E-state index contributed by atoms with van der Waals surface area (Å²) in [5.41, 5.74) is 0. The highest BCUT2D eigenvalue weighted by Gasteiger charge is 2.10. The maximum absolute atomic E-state index is 12.4. The van der Waals surface area contributed by atoms with Crippen LogP contribution in [0, 0.1) is 5.21 Å². The molecule has 0 aliphatic carbocycles. The van der Waals surface area contributed by atoms with Crippen LogP contribution in [0.1, 0.15) is 90.4 Å².